The molecule has 1 heterocycles. The molecule has 0 spiro atoms. The Bertz CT molecular complexity index is 1160. The van der Waals surface area contributed by atoms with Crippen LogP contribution in [0, 0.1) is 6.92 Å². The summed E-state index contributed by atoms with van der Waals surface area (Å²) in [5.74, 6) is 0.637. The number of nitrogens with zero attached hydrogens (tertiary/aromatic N) is 2. The third-order valence-corrected chi connectivity index (χ3v) is 6.32. The van der Waals surface area contributed by atoms with Gasteiger partial charge in [-0.25, -0.2) is 0 Å². The number of methoxy groups -OCH3 is 1. The first-order valence-electron chi connectivity index (χ1n) is 12.0. The molecule has 1 aliphatic rings. The fraction of sp³-hybridized carbons (Fsp3) is 0.310. The summed E-state index contributed by atoms with van der Waals surface area (Å²) in [5, 5.41) is 0. The highest BCUT2D eigenvalue weighted by molar-refractivity contribution is 6.06. The number of carbonyl (C=O) groups is 2. The van der Waals surface area contributed by atoms with Crippen molar-refractivity contribution in [1.82, 2.24) is 4.90 Å². The molecule has 0 aromatic heterocycles. The molecule has 3 aromatic rings. The normalized spacial score (nSPS) is 14.6. The van der Waals surface area contributed by atoms with E-state index < -0.39 is 0 Å². The maximum Gasteiger partial charge on any atom is 0.258 e. The molecule has 4 rings (SSSR count). The van der Waals surface area contributed by atoms with Crippen LogP contribution in [-0.2, 0) is 6.54 Å². The summed E-state index contributed by atoms with van der Waals surface area (Å²) in [6, 6.07) is 23.0. The summed E-state index contributed by atoms with van der Waals surface area (Å²) in [4.78, 5) is 30.9. The second-order valence-corrected chi connectivity index (χ2v) is 8.83. The Hall–Kier alpha value is -3.60. The lowest BCUT2D eigenvalue weighted by atomic mass is 10.1. The third-order valence-electron chi connectivity index (χ3n) is 6.32. The second-order valence-electron chi connectivity index (χ2n) is 8.83. The van der Waals surface area contributed by atoms with E-state index in [1.165, 1.54) is 0 Å². The SMILES string of the molecule is COc1cccc(C(=O)N2CCCCCCN(C(=O)c3cccc(C)c3)Cc3ccccc32)c1. The number of hydrogen-bond acceptors (Lipinski definition) is 3. The van der Waals surface area contributed by atoms with Crippen molar-refractivity contribution in [2.45, 2.75) is 39.2 Å². The minimum absolute atomic E-state index is 0.0309. The molecule has 0 unspecified atom stereocenters. The zero-order chi connectivity index (χ0) is 23.9. The van der Waals surface area contributed by atoms with Crippen LogP contribution < -0.4 is 9.64 Å². The number of fused-ring (bicyclic) bond motifs is 1. The summed E-state index contributed by atoms with van der Waals surface area (Å²) >= 11 is 0. The van der Waals surface area contributed by atoms with Gasteiger partial charge in [-0.05, 0) is 61.7 Å². The standard InChI is InChI=1S/C29H32N2O3/c1-22-11-9-13-23(19-22)28(32)30-17-7-3-4-8-18-31(27-16-6-5-12-25(27)21-30)29(33)24-14-10-15-26(20-24)34-2/h5-6,9-16,19-20H,3-4,7-8,17-18,21H2,1-2H3. The minimum atomic E-state index is -0.0536. The number of anilines is 1. The summed E-state index contributed by atoms with van der Waals surface area (Å²) in [6.07, 6.45) is 3.89. The maximum absolute atomic E-state index is 13.6. The first-order chi connectivity index (χ1) is 16.6. The molecule has 5 nitrogen and oxygen atoms in total. The second kappa shape index (κ2) is 11.0. The topological polar surface area (TPSA) is 49.9 Å². The van der Waals surface area contributed by atoms with Crippen molar-refractivity contribution in [3.63, 3.8) is 0 Å². The largest absolute Gasteiger partial charge is 0.497 e. The predicted octanol–water partition coefficient (Wildman–Crippen LogP) is 5.87. The Labute approximate surface area is 202 Å². The van der Waals surface area contributed by atoms with Crippen molar-refractivity contribution in [2.24, 2.45) is 0 Å². The lowest BCUT2D eigenvalue weighted by molar-refractivity contribution is 0.0740. The zero-order valence-corrected chi connectivity index (χ0v) is 20.0. The number of benzene rings is 3. The summed E-state index contributed by atoms with van der Waals surface area (Å²) < 4.78 is 5.34. The molecule has 0 bridgehead atoms. The first kappa shape index (κ1) is 23.6. The van der Waals surface area contributed by atoms with Crippen LogP contribution in [0.25, 0.3) is 0 Å². The Morgan fingerprint density at radius 2 is 1.47 bits per heavy atom. The van der Waals surface area contributed by atoms with Crippen molar-refractivity contribution in [3.05, 3.63) is 95.1 Å². The Kier molecular flexibility index (Phi) is 7.63. The van der Waals surface area contributed by atoms with Gasteiger partial charge >= 0.3 is 0 Å². The monoisotopic (exact) mass is 456 g/mol. The molecule has 0 aliphatic carbocycles. The van der Waals surface area contributed by atoms with Gasteiger partial charge in [-0.2, -0.15) is 0 Å². The van der Waals surface area contributed by atoms with Crippen molar-refractivity contribution in [2.75, 3.05) is 25.1 Å². The van der Waals surface area contributed by atoms with Gasteiger partial charge < -0.3 is 14.5 Å². The van der Waals surface area contributed by atoms with Gasteiger partial charge in [0, 0.05) is 36.4 Å². The Balaban J connectivity index is 1.69. The fourth-order valence-electron chi connectivity index (χ4n) is 4.50. The molecule has 0 atom stereocenters. The van der Waals surface area contributed by atoms with Gasteiger partial charge in [-0.15, -0.1) is 0 Å². The van der Waals surface area contributed by atoms with E-state index in [9.17, 15) is 9.59 Å². The number of para-hydroxylation sites is 1. The van der Waals surface area contributed by atoms with Gasteiger partial charge in [0.05, 0.1) is 7.11 Å². The number of hydrogen-bond donors (Lipinski definition) is 0. The molecule has 2 amide bonds. The quantitative estimate of drug-likeness (QED) is 0.495. The molecule has 0 N–H and O–H groups in total. The van der Waals surface area contributed by atoms with Gasteiger partial charge in [0.1, 0.15) is 5.75 Å². The van der Waals surface area contributed by atoms with Crippen LogP contribution in [0.2, 0.25) is 0 Å². The molecule has 0 radical (unpaired) electrons. The molecule has 176 valence electrons. The summed E-state index contributed by atoms with van der Waals surface area (Å²) in [6.45, 7) is 3.80. The Morgan fingerprint density at radius 1 is 0.765 bits per heavy atom. The van der Waals surface area contributed by atoms with Crippen LogP contribution >= 0.6 is 0 Å². The molecule has 1 aliphatic heterocycles. The maximum atomic E-state index is 13.6. The molecule has 0 fully saturated rings. The van der Waals surface area contributed by atoms with Gasteiger partial charge in [0.2, 0.25) is 0 Å². The van der Waals surface area contributed by atoms with E-state index in [4.69, 9.17) is 4.74 Å². The van der Waals surface area contributed by atoms with Crippen molar-refractivity contribution >= 4 is 17.5 Å². The molecular weight excluding hydrogens is 424 g/mol. The van der Waals surface area contributed by atoms with Crippen LogP contribution in [-0.4, -0.2) is 36.9 Å². The molecule has 34 heavy (non-hydrogen) atoms. The number of rotatable bonds is 3. The van der Waals surface area contributed by atoms with E-state index >= 15 is 0 Å². The molecule has 3 aromatic carbocycles. The van der Waals surface area contributed by atoms with E-state index in [-0.39, 0.29) is 11.8 Å². The molecular formula is C29H32N2O3. The van der Waals surface area contributed by atoms with Crippen LogP contribution in [0.1, 0.15) is 57.5 Å². The predicted molar refractivity (Wildman–Crippen MR) is 135 cm³/mol. The van der Waals surface area contributed by atoms with Crippen LogP contribution in [0.3, 0.4) is 0 Å². The minimum Gasteiger partial charge on any atom is -0.497 e. The van der Waals surface area contributed by atoms with E-state index in [0.29, 0.717) is 36.5 Å². The van der Waals surface area contributed by atoms with Crippen LogP contribution in [0.15, 0.2) is 72.8 Å². The third kappa shape index (κ3) is 5.48. The highest BCUT2D eigenvalue weighted by Gasteiger charge is 2.24. The average molecular weight is 457 g/mol. The average Bonchev–Trinajstić information content (AvgIpc) is 2.91. The van der Waals surface area contributed by atoms with Gasteiger partial charge in [0.15, 0.2) is 0 Å². The Morgan fingerprint density at radius 3 is 2.24 bits per heavy atom. The van der Waals surface area contributed by atoms with Gasteiger partial charge in [-0.3, -0.25) is 9.59 Å². The smallest absolute Gasteiger partial charge is 0.258 e. The van der Waals surface area contributed by atoms with Gasteiger partial charge in [-0.1, -0.05) is 54.8 Å². The van der Waals surface area contributed by atoms with E-state index in [1.54, 1.807) is 13.2 Å². The highest BCUT2D eigenvalue weighted by atomic mass is 16.5. The van der Waals surface area contributed by atoms with Crippen LogP contribution in [0.4, 0.5) is 5.69 Å². The molecule has 0 saturated carbocycles. The van der Waals surface area contributed by atoms with Crippen molar-refractivity contribution in [1.29, 1.82) is 0 Å². The van der Waals surface area contributed by atoms with E-state index in [1.807, 2.05) is 83.5 Å². The highest BCUT2D eigenvalue weighted by Crippen LogP contribution is 2.27. The zero-order valence-electron chi connectivity index (χ0n) is 20.0. The lowest BCUT2D eigenvalue weighted by Crippen LogP contribution is -2.35. The number of aryl methyl sites for hydroxylation is 1. The van der Waals surface area contributed by atoms with E-state index in [0.717, 1.165) is 42.5 Å². The fourth-order valence-corrected chi connectivity index (χ4v) is 4.50. The van der Waals surface area contributed by atoms with E-state index in [2.05, 4.69) is 0 Å². The van der Waals surface area contributed by atoms with Crippen molar-refractivity contribution < 1.29 is 14.3 Å². The number of carbonyl (C=O) groups excluding carboxylic acids is 2. The first-order valence-corrected chi connectivity index (χ1v) is 12.0. The summed E-state index contributed by atoms with van der Waals surface area (Å²) in [7, 11) is 1.60. The summed E-state index contributed by atoms with van der Waals surface area (Å²) in [5.41, 5.74) is 4.20. The van der Waals surface area contributed by atoms with Gasteiger partial charge in [0.25, 0.3) is 11.8 Å². The number of ether oxygens (including phenoxy) is 1. The molecule has 5 heteroatoms. The number of amides is 2. The van der Waals surface area contributed by atoms with Crippen molar-refractivity contribution in [3.8, 4) is 5.75 Å². The molecule has 0 saturated heterocycles. The van der Waals surface area contributed by atoms with Crippen LogP contribution in [0.5, 0.6) is 5.75 Å². The lowest BCUT2D eigenvalue weighted by Gasteiger charge is -2.28.